The molecule has 1 aromatic heterocycles. The third-order valence-corrected chi connectivity index (χ3v) is 2.40. The van der Waals surface area contributed by atoms with Crippen LogP contribution in [0.1, 0.15) is 28.2 Å². The van der Waals surface area contributed by atoms with Crippen molar-refractivity contribution >= 4 is 11.9 Å². The van der Waals surface area contributed by atoms with Crippen molar-refractivity contribution in [3.05, 3.63) is 29.1 Å². The van der Waals surface area contributed by atoms with Crippen LogP contribution in [-0.4, -0.2) is 10.4 Å². The number of carbonyl (C=O) groups excluding carboxylic acids is 1. The van der Waals surface area contributed by atoms with Crippen LogP contribution in [0.5, 0.6) is 0 Å². The summed E-state index contributed by atoms with van der Waals surface area (Å²) in [7, 11) is 1.98. The molecule has 0 saturated heterocycles. The monoisotopic (exact) mass is 161 g/mol. The summed E-state index contributed by atoms with van der Waals surface area (Å²) in [6.45, 7) is 2.01. The fraction of sp³-hybridized carbons (Fsp3) is 0.300. The minimum Gasteiger partial charge on any atom is -0.348 e. The van der Waals surface area contributed by atoms with Gasteiger partial charge in [-0.2, -0.15) is 0 Å². The van der Waals surface area contributed by atoms with E-state index in [0.717, 1.165) is 17.0 Å². The van der Waals surface area contributed by atoms with E-state index in [2.05, 4.69) is 0 Å². The molecule has 12 heavy (non-hydrogen) atoms. The van der Waals surface area contributed by atoms with Gasteiger partial charge in [-0.3, -0.25) is 4.79 Å². The highest BCUT2D eigenvalue weighted by Gasteiger charge is 2.16. The Morgan fingerprint density at radius 1 is 1.50 bits per heavy atom. The van der Waals surface area contributed by atoms with Crippen LogP contribution < -0.4 is 0 Å². The number of allylic oxidation sites excluding steroid dienone is 1. The minimum atomic E-state index is 0.233. The molecular weight excluding hydrogens is 150 g/mol. The molecule has 2 nitrogen and oxygen atoms in total. The highest BCUT2D eigenvalue weighted by Crippen LogP contribution is 2.21. The van der Waals surface area contributed by atoms with E-state index < -0.39 is 0 Å². The lowest BCUT2D eigenvalue weighted by Crippen LogP contribution is -2.04. The smallest absolute Gasteiger partial charge is 0.168 e. The Balaban J connectivity index is 2.69. The van der Waals surface area contributed by atoms with Crippen molar-refractivity contribution in [2.75, 3.05) is 0 Å². The standard InChI is InChI=1S/C10H11NO/c1-7-6-8-9(11(7)2)4-3-5-10(8)12/h3-4,6H,5H2,1-2H3. The zero-order valence-electron chi connectivity index (χ0n) is 7.29. The highest BCUT2D eigenvalue weighted by atomic mass is 16.1. The van der Waals surface area contributed by atoms with E-state index in [1.54, 1.807) is 0 Å². The second kappa shape index (κ2) is 2.34. The molecule has 0 N–H and O–H groups in total. The van der Waals surface area contributed by atoms with Gasteiger partial charge in [-0.15, -0.1) is 0 Å². The third kappa shape index (κ3) is 0.843. The molecule has 0 amide bonds. The molecule has 2 rings (SSSR count). The topological polar surface area (TPSA) is 22.0 Å². The third-order valence-electron chi connectivity index (χ3n) is 2.40. The molecule has 0 unspecified atom stereocenters. The second-order valence-electron chi connectivity index (χ2n) is 3.17. The molecule has 1 aromatic rings. The lowest BCUT2D eigenvalue weighted by atomic mass is 10.0. The molecule has 2 heteroatoms. The molecule has 1 aliphatic rings. The fourth-order valence-corrected chi connectivity index (χ4v) is 1.56. The summed E-state index contributed by atoms with van der Waals surface area (Å²) in [6.07, 6.45) is 4.49. The highest BCUT2D eigenvalue weighted by molar-refractivity contribution is 6.02. The number of aromatic nitrogens is 1. The number of fused-ring (bicyclic) bond motifs is 1. The maximum absolute atomic E-state index is 11.4. The molecule has 0 aromatic carbocycles. The summed E-state index contributed by atoms with van der Waals surface area (Å²) in [4.78, 5) is 11.4. The zero-order chi connectivity index (χ0) is 8.72. The first-order valence-corrected chi connectivity index (χ1v) is 4.06. The SMILES string of the molecule is Cc1cc2c(n1C)C=CCC2=O. The Kier molecular flexibility index (Phi) is 1.43. The van der Waals surface area contributed by atoms with Gasteiger partial charge < -0.3 is 4.57 Å². The first-order chi connectivity index (χ1) is 5.70. The van der Waals surface area contributed by atoms with Crippen LogP contribution in [0.2, 0.25) is 0 Å². The van der Waals surface area contributed by atoms with Gasteiger partial charge in [0.2, 0.25) is 0 Å². The number of rotatable bonds is 0. The Bertz CT molecular complexity index is 371. The number of aryl methyl sites for hydroxylation is 1. The van der Waals surface area contributed by atoms with Crippen molar-refractivity contribution in [2.24, 2.45) is 7.05 Å². The number of hydrogen-bond acceptors (Lipinski definition) is 1. The predicted molar refractivity (Wildman–Crippen MR) is 48.1 cm³/mol. The molecule has 0 bridgehead atoms. The van der Waals surface area contributed by atoms with Crippen LogP contribution in [0.3, 0.4) is 0 Å². The lowest BCUT2D eigenvalue weighted by Gasteiger charge is -2.05. The predicted octanol–water partition coefficient (Wildman–Crippen LogP) is 1.93. The molecule has 0 saturated carbocycles. The lowest BCUT2D eigenvalue weighted by molar-refractivity contribution is 0.0994. The van der Waals surface area contributed by atoms with Crippen LogP contribution in [0.4, 0.5) is 0 Å². The molecule has 0 fully saturated rings. The molecule has 0 spiro atoms. The van der Waals surface area contributed by atoms with Gasteiger partial charge in [0.25, 0.3) is 0 Å². The number of hydrogen-bond donors (Lipinski definition) is 0. The number of ketones is 1. The summed E-state index contributed by atoms with van der Waals surface area (Å²) in [5.74, 6) is 0.233. The zero-order valence-corrected chi connectivity index (χ0v) is 7.29. The molecular formula is C10H11NO. The van der Waals surface area contributed by atoms with E-state index in [1.165, 1.54) is 0 Å². The summed E-state index contributed by atoms with van der Waals surface area (Å²) < 4.78 is 2.04. The first kappa shape index (κ1) is 7.35. The van der Waals surface area contributed by atoms with Crippen molar-refractivity contribution in [2.45, 2.75) is 13.3 Å². The van der Waals surface area contributed by atoms with Gasteiger partial charge in [0.05, 0.1) is 5.69 Å². The normalized spacial score (nSPS) is 15.0. The average Bonchev–Trinajstić information content (AvgIpc) is 2.32. The summed E-state index contributed by atoms with van der Waals surface area (Å²) in [6, 6.07) is 1.96. The van der Waals surface area contributed by atoms with Crippen LogP contribution in [0, 0.1) is 6.92 Å². The minimum absolute atomic E-state index is 0.233. The Morgan fingerprint density at radius 3 is 2.92 bits per heavy atom. The Hall–Kier alpha value is -1.31. The van der Waals surface area contributed by atoms with Gasteiger partial charge in [-0.05, 0) is 19.1 Å². The molecule has 0 atom stereocenters. The van der Waals surface area contributed by atoms with Crippen LogP contribution in [-0.2, 0) is 7.05 Å². The molecule has 62 valence electrons. The fourth-order valence-electron chi connectivity index (χ4n) is 1.56. The van der Waals surface area contributed by atoms with E-state index in [9.17, 15) is 4.79 Å². The van der Waals surface area contributed by atoms with Gasteiger partial charge >= 0.3 is 0 Å². The van der Waals surface area contributed by atoms with Crippen LogP contribution in [0.15, 0.2) is 12.1 Å². The van der Waals surface area contributed by atoms with Gasteiger partial charge in [-0.25, -0.2) is 0 Å². The quantitative estimate of drug-likeness (QED) is 0.570. The largest absolute Gasteiger partial charge is 0.348 e. The van der Waals surface area contributed by atoms with Crippen molar-refractivity contribution in [3.63, 3.8) is 0 Å². The maximum atomic E-state index is 11.4. The van der Waals surface area contributed by atoms with Crippen LogP contribution in [0.25, 0.3) is 6.08 Å². The summed E-state index contributed by atoms with van der Waals surface area (Å²) in [5.41, 5.74) is 3.06. The number of nitrogens with zero attached hydrogens (tertiary/aromatic N) is 1. The van der Waals surface area contributed by atoms with Crippen molar-refractivity contribution in [3.8, 4) is 0 Å². The van der Waals surface area contributed by atoms with Crippen molar-refractivity contribution < 1.29 is 4.79 Å². The van der Waals surface area contributed by atoms with E-state index in [1.807, 2.05) is 36.8 Å². The molecule has 1 heterocycles. The van der Waals surface area contributed by atoms with Gasteiger partial charge in [0.15, 0.2) is 5.78 Å². The summed E-state index contributed by atoms with van der Waals surface area (Å²) in [5, 5.41) is 0. The van der Waals surface area contributed by atoms with E-state index in [0.29, 0.717) is 6.42 Å². The summed E-state index contributed by atoms with van der Waals surface area (Å²) >= 11 is 0. The number of Topliss-reactive ketones (excluding diaryl/α,β-unsaturated/α-hetero) is 1. The van der Waals surface area contributed by atoms with Crippen molar-refractivity contribution in [1.29, 1.82) is 0 Å². The first-order valence-electron chi connectivity index (χ1n) is 4.06. The van der Waals surface area contributed by atoms with E-state index in [4.69, 9.17) is 0 Å². The van der Waals surface area contributed by atoms with Crippen LogP contribution >= 0.6 is 0 Å². The van der Waals surface area contributed by atoms with Gasteiger partial charge in [-0.1, -0.05) is 6.08 Å². The Morgan fingerprint density at radius 2 is 2.25 bits per heavy atom. The maximum Gasteiger partial charge on any atom is 0.168 e. The average molecular weight is 161 g/mol. The molecule has 1 aliphatic carbocycles. The van der Waals surface area contributed by atoms with E-state index in [-0.39, 0.29) is 5.78 Å². The van der Waals surface area contributed by atoms with Gasteiger partial charge in [0, 0.05) is 24.7 Å². The van der Waals surface area contributed by atoms with Crippen molar-refractivity contribution in [1.82, 2.24) is 4.57 Å². The Labute approximate surface area is 71.5 Å². The van der Waals surface area contributed by atoms with Gasteiger partial charge in [0.1, 0.15) is 0 Å². The molecule has 0 radical (unpaired) electrons. The molecule has 0 aliphatic heterocycles. The second-order valence-corrected chi connectivity index (χ2v) is 3.17. The van der Waals surface area contributed by atoms with E-state index >= 15 is 0 Å². The number of carbonyl (C=O) groups is 1.